The Hall–Kier alpha value is -3.63. The van der Waals surface area contributed by atoms with Crippen LogP contribution in [0, 0.1) is 0 Å². The second kappa shape index (κ2) is 40.4. The predicted molar refractivity (Wildman–Crippen MR) is 250 cm³/mol. The van der Waals surface area contributed by atoms with Gasteiger partial charge in [0.15, 0.2) is 6.10 Å². The third-order valence-corrected chi connectivity index (χ3v) is 9.52. The number of aliphatic hydroxyl groups excluding tert-OH is 1. The molecule has 0 spiro atoms. The Morgan fingerprint density at radius 2 is 1.15 bits per heavy atom. The van der Waals surface area contributed by atoms with Crippen LogP contribution in [0.25, 0.3) is 0 Å². The number of esters is 2. The van der Waals surface area contributed by atoms with Crippen molar-refractivity contribution in [3.05, 3.63) is 122 Å². The molecule has 0 saturated heterocycles. The van der Waals surface area contributed by atoms with E-state index >= 15 is 0 Å². The van der Waals surface area contributed by atoms with E-state index in [9.17, 15) is 24.2 Å². The maximum Gasteiger partial charge on any atom is 0.306 e. The van der Waals surface area contributed by atoms with E-state index in [1.165, 1.54) is 25.7 Å². The number of allylic oxidation sites excluding steroid dienone is 18. The molecular formula is C50H80NO9P. The number of unbranched alkanes of at least 4 members (excludes halogenated alkanes) is 4. The fraction of sp³-hybridized carbons (Fsp3) is 0.560. The van der Waals surface area contributed by atoms with Crippen LogP contribution in [0.2, 0.25) is 0 Å². The molecule has 0 amide bonds. The molecule has 0 aliphatic heterocycles. The maximum absolute atomic E-state index is 12.7. The van der Waals surface area contributed by atoms with E-state index in [1.807, 2.05) is 88.8 Å². The van der Waals surface area contributed by atoms with Gasteiger partial charge in [-0.05, 0) is 83.5 Å². The number of ether oxygens (including phenoxy) is 2. The molecular weight excluding hydrogens is 790 g/mol. The number of likely N-dealkylation sites (N-methyl/N-ethyl adjacent to an activating group) is 1. The first-order chi connectivity index (χ1) is 29.4. The number of rotatable bonds is 38. The summed E-state index contributed by atoms with van der Waals surface area (Å²) in [6.07, 6.45) is 53.1. The topological polar surface area (TPSA) is 131 Å². The average Bonchev–Trinajstić information content (AvgIpc) is 3.21. The molecule has 0 aromatic carbocycles. The van der Waals surface area contributed by atoms with Crippen molar-refractivity contribution in [2.75, 3.05) is 47.5 Å². The fourth-order valence-corrected chi connectivity index (χ4v) is 5.77. The van der Waals surface area contributed by atoms with Gasteiger partial charge in [-0.1, -0.05) is 148 Å². The van der Waals surface area contributed by atoms with Crippen molar-refractivity contribution in [2.24, 2.45) is 0 Å². The smallest absolute Gasteiger partial charge is 0.306 e. The van der Waals surface area contributed by atoms with Gasteiger partial charge in [0, 0.05) is 12.8 Å². The number of carbonyl (C=O) groups is 2. The van der Waals surface area contributed by atoms with Gasteiger partial charge in [-0.25, -0.2) is 0 Å². The standard InChI is InChI=1S/C50H80NO9P/c1-6-8-10-11-12-13-14-15-16-17-18-19-20-21-25-28-31-34-37-41-49(53)57-45-48(46-59-61(55,56)58-44-43-51(3,4)5)60-50(54)42-38-35-32-29-26-23-22-24-27-30-33-36-40-47(52)39-9-7-2/h9,12-13,15-16,18-19,21-23,25,27,29-34,36,39,47-48,52H,6-8,10-11,14,17,20,24,26,28,35,37-38,40-46H2,1-5H3/b13-12-,16-15-,19-18-,23-22-,25-21-,30-27-,32-29-,34-31-,36-33+,39-9-/t47?,48-/m1/s1. The van der Waals surface area contributed by atoms with Gasteiger partial charge >= 0.3 is 11.9 Å². The molecule has 0 aromatic rings. The number of hydrogen-bond donors (Lipinski definition) is 1. The van der Waals surface area contributed by atoms with E-state index < -0.39 is 38.6 Å². The molecule has 10 nitrogen and oxygen atoms in total. The molecule has 11 heteroatoms. The van der Waals surface area contributed by atoms with Crippen molar-refractivity contribution >= 4 is 19.8 Å². The summed E-state index contributed by atoms with van der Waals surface area (Å²) in [6, 6.07) is 0. The zero-order chi connectivity index (χ0) is 45.1. The van der Waals surface area contributed by atoms with E-state index in [-0.39, 0.29) is 26.1 Å². The lowest BCUT2D eigenvalue weighted by atomic mass is 10.2. The Morgan fingerprint density at radius 3 is 1.70 bits per heavy atom. The summed E-state index contributed by atoms with van der Waals surface area (Å²) in [6.45, 7) is 3.76. The lowest BCUT2D eigenvalue weighted by Crippen LogP contribution is -2.37. The minimum Gasteiger partial charge on any atom is -0.756 e. The van der Waals surface area contributed by atoms with Crippen LogP contribution in [0.15, 0.2) is 122 Å². The van der Waals surface area contributed by atoms with Gasteiger partial charge in [0.2, 0.25) is 0 Å². The molecule has 0 radical (unpaired) electrons. The third kappa shape index (κ3) is 44.2. The van der Waals surface area contributed by atoms with Gasteiger partial charge in [-0.3, -0.25) is 14.2 Å². The Kier molecular flexibility index (Phi) is 38.0. The summed E-state index contributed by atoms with van der Waals surface area (Å²) >= 11 is 0. The van der Waals surface area contributed by atoms with Crippen LogP contribution in [0.5, 0.6) is 0 Å². The van der Waals surface area contributed by atoms with Gasteiger partial charge in [-0.15, -0.1) is 0 Å². The number of carbonyl (C=O) groups excluding carboxylic acids is 2. The van der Waals surface area contributed by atoms with E-state index in [4.69, 9.17) is 18.5 Å². The minimum absolute atomic E-state index is 0.0678. The molecule has 61 heavy (non-hydrogen) atoms. The number of phosphoric ester groups is 1. The summed E-state index contributed by atoms with van der Waals surface area (Å²) < 4.78 is 33.7. The van der Waals surface area contributed by atoms with Gasteiger partial charge in [0.05, 0.1) is 33.9 Å². The second-order valence-electron chi connectivity index (χ2n) is 15.5. The summed E-state index contributed by atoms with van der Waals surface area (Å²) in [5.74, 6) is -1.04. The number of hydrogen-bond acceptors (Lipinski definition) is 9. The van der Waals surface area contributed by atoms with E-state index in [0.717, 1.165) is 44.9 Å². The first-order valence-electron chi connectivity index (χ1n) is 22.4. The highest BCUT2D eigenvalue weighted by Crippen LogP contribution is 2.38. The Bertz CT molecular complexity index is 1460. The first-order valence-corrected chi connectivity index (χ1v) is 23.8. The number of nitrogens with zero attached hydrogens (tertiary/aromatic N) is 1. The van der Waals surface area contributed by atoms with E-state index in [1.54, 1.807) is 0 Å². The molecule has 0 saturated carbocycles. The lowest BCUT2D eigenvalue weighted by Gasteiger charge is -2.28. The van der Waals surface area contributed by atoms with Gasteiger partial charge < -0.3 is 33.0 Å². The molecule has 0 bridgehead atoms. The van der Waals surface area contributed by atoms with Crippen molar-refractivity contribution in [1.29, 1.82) is 0 Å². The second-order valence-corrected chi connectivity index (χ2v) is 16.9. The van der Waals surface area contributed by atoms with Crippen LogP contribution in [-0.4, -0.2) is 81.2 Å². The quantitative estimate of drug-likeness (QED) is 0.0161. The Balaban J connectivity index is 4.63. The van der Waals surface area contributed by atoms with Crippen LogP contribution < -0.4 is 4.89 Å². The molecule has 0 heterocycles. The van der Waals surface area contributed by atoms with Crippen molar-refractivity contribution in [2.45, 2.75) is 135 Å². The van der Waals surface area contributed by atoms with Crippen LogP contribution >= 0.6 is 7.82 Å². The Morgan fingerprint density at radius 1 is 0.623 bits per heavy atom. The summed E-state index contributed by atoms with van der Waals surface area (Å²) in [7, 11) is 1.04. The molecule has 3 atom stereocenters. The molecule has 0 fully saturated rings. The molecule has 2 unspecified atom stereocenters. The molecule has 344 valence electrons. The van der Waals surface area contributed by atoms with Crippen molar-refractivity contribution < 1.29 is 47.2 Å². The predicted octanol–water partition coefficient (Wildman–Crippen LogP) is 11.2. The molecule has 1 N–H and O–H groups in total. The first kappa shape index (κ1) is 57.4. The normalized spacial score (nSPS) is 15.2. The largest absolute Gasteiger partial charge is 0.756 e. The van der Waals surface area contributed by atoms with Gasteiger partial charge in [-0.2, -0.15) is 0 Å². The lowest BCUT2D eigenvalue weighted by molar-refractivity contribution is -0.870. The zero-order valence-corrected chi connectivity index (χ0v) is 39.1. The minimum atomic E-state index is -4.68. The third-order valence-electron chi connectivity index (χ3n) is 8.55. The average molecular weight is 870 g/mol. The highest BCUT2D eigenvalue weighted by atomic mass is 31.2. The monoisotopic (exact) mass is 870 g/mol. The summed E-state index contributed by atoms with van der Waals surface area (Å²) in [5, 5.41) is 9.78. The van der Waals surface area contributed by atoms with Crippen molar-refractivity contribution in [3.8, 4) is 0 Å². The van der Waals surface area contributed by atoms with Gasteiger partial charge in [0.1, 0.15) is 19.8 Å². The number of aliphatic hydroxyl groups is 1. The molecule has 0 rings (SSSR count). The summed E-state index contributed by atoms with van der Waals surface area (Å²) in [5.41, 5.74) is 0. The molecule has 0 aliphatic carbocycles. The highest BCUT2D eigenvalue weighted by Gasteiger charge is 2.21. The Labute approximate surface area is 370 Å². The number of phosphoric acid groups is 1. The molecule has 0 aliphatic rings. The van der Waals surface area contributed by atoms with Crippen LogP contribution in [0.4, 0.5) is 0 Å². The maximum atomic E-state index is 12.7. The van der Waals surface area contributed by atoms with Crippen LogP contribution in [0.3, 0.4) is 0 Å². The van der Waals surface area contributed by atoms with Crippen molar-refractivity contribution in [1.82, 2.24) is 0 Å². The van der Waals surface area contributed by atoms with Crippen LogP contribution in [-0.2, 0) is 32.7 Å². The number of quaternary nitrogens is 1. The van der Waals surface area contributed by atoms with Crippen LogP contribution in [0.1, 0.15) is 123 Å². The molecule has 0 aromatic heterocycles. The highest BCUT2D eigenvalue weighted by molar-refractivity contribution is 7.45. The van der Waals surface area contributed by atoms with Gasteiger partial charge in [0.25, 0.3) is 7.82 Å². The SMILES string of the molecule is CC/C=C\C(O)C/C=C/C=C\C/C=C\C/C=C\CCCC(=O)O[C@H](COC(=O)CC/C=C\C/C=C\C/C=C\C/C=C\C/C=C\CCCCC)COP(=O)([O-])OCC[N+](C)(C)C. The van der Waals surface area contributed by atoms with E-state index in [0.29, 0.717) is 36.7 Å². The summed E-state index contributed by atoms with van der Waals surface area (Å²) in [4.78, 5) is 37.5. The van der Waals surface area contributed by atoms with Crippen molar-refractivity contribution in [3.63, 3.8) is 0 Å². The zero-order valence-electron chi connectivity index (χ0n) is 38.2. The fourth-order valence-electron chi connectivity index (χ4n) is 5.04. The van der Waals surface area contributed by atoms with E-state index in [2.05, 4.69) is 67.7 Å².